The van der Waals surface area contributed by atoms with Crippen molar-refractivity contribution < 1.29 is 23.0 Å². The summed E-state index contributed by atoms with van der Waals surface area (Å²) in [6, 6.07) is 11.0. The first-order valence-electron chi connectivity index (χ1n) is 8.53. The Morgan fingerprint density at radius 1 is 1.24 bits per heavy atom. The average molecular weight is 437 g/mol. The standard InChI is InChI=1S/C20H15ClF2N2O3S/c21-16-9-12(10-17-18(16)28-7-1-6-27-17)8-13(11-24)19(26)25-14-2-4-15(5-3-14)29-20(22)23/h2-5,8-10,20H,1,6-7H2,(H,25,26)/b13-8+. The third kappa shape index (κ3) is 5.62. The quantitative estimate of drug-likeness (QED) is 0.388. The van der Waals surface area contributed by atoms with E-state index in [1.165, 1.54) is 30.3 Å². The van der Waals surface area contributed by atoms with E-state index in [1.807, 2.05) is 6.07 Å². The van der Waals surface area contributed by atoms with Gasteiger partial charge >= 0.3 is 0 Å². The van der Waals surface area contributed by atoms with Gasteiger partial charge in [0.25, 0.3) is 11.7 Å². The fraction of sp³-hybridized carbons (Fsp3) is 0.200. The molecule has 0 aliphatic carbocycles. The first kappa shape index (κ1) is 21.0. The molecule has 0 aromatic heterocycles. The Morgan fingerprint density at radius 2 is 1.97 bits per heavy atom. The molecule has 0 unspecified atom stereocenters. The zero-order valence-electron chi connectivity index (χ0n) is 15.0. The molecule has 0 fully saturated rings. The molecule has 1 N–H and O–H groups in total. The molecule has 0 atom stereocenters. The van der Waals surface area contributed by atoms with Crippen LogP contribution in [0.25, 0.3) is 6.08 Å². The van der Waals surface area contributed by atoms with Crippen LogP contribution in [0.5, 0.6) is 11.5 Å². The molecule has 2 aromatic carbocycles. The number of ether oxygens (including phenoxy) is 2. The molecule has 0 saturated heterocycles. The molecule has 0 bridgehead atoms. The van der Waals surface area contributed by atoms with Crippen molar-refractivity contribution in [2.75, 3.05) is 18.5 Å². The molecule has 2 aromatic rings. The van der Waals surface area contributed by atoms with Crippen molar-refractivity contribution in [3.8, 4) is 17.6 Å². The normalized spacial score (nSPS) is 13.6. The number of rotatable bonds is 5. The Bertz CT molecular complexity index is 975. The van der Waals surface area contributed by atoms with E-state index in [1.54, 1.807) is 12.1 Å². The van der Waals surface area contributed by atoms with Crippen molar-refractivity contribution in [1.29, 1.82) is 5.26 Å². The van der Waals surface area contributed by atoms with Crippen LogP contribution in [0.1, 0.15) is 12.0 Å². The van der Waals surface area contributed by atoms with Crippen molar-refractivity contribution in [2.24, 2.45) is 0 Å². The number of anilines is 1. The van der Waals surface area contributed by atoms with Gasteiger partial charge in [-0.1, -0.05) is 23.4 Å². The van der Waals surface area contributed by atoms with E-state index in [-0.39, 0.29) is 5.57 Å². The van der Waals surface area contributed by atoms with Crippen LogP contribution in [0, 0.1) is 11.3 Å². The zero-order valence-corrected chi connectivity index (χ0v) is 16.5. The second-order valence-corrected chi connectivity index (χ2v) is 7.38. The van der Waals surface area contributed by atoms with Crippen molar-refractivity contribution in [2.45, 2.75) is 17.1 Å². The SMILES string of the molecule is N#C/C(=C\c1cc(Cl)c2c(c1)OCCCO2)C(=O)Nc1ccc(SC(F)F)cc1. The third-order valence-corrected chi connectivity index (χ3v) is 4.84. The first-order chi connectivity index (χ1) is 14.0. The highest BCUT2D eigenvalue weighted by Crippen LogP contribution is 2.38. The number of amides is 1. The highest BCUT2D eigenvalue weighted by molar-refractivity contribution is 7.99. The molecule has 29 heavy (non-hydrogen) atoms. The Hall–Kier alpha value is -2.76. The topological polar surface area (TPSA) is 71.3 Å². The summed E-state index contributed by atoms with van der Waals surface area (Å²) in [5.74, 6) is -2.27. The number of nitrogens with zero attached hydrogens (tertiary/aromatic N) is 1. The monoisotopic (exact) mass is 436 g/mol. The van der Waals surface area contributed by atoms with Crippen LogP contribution in [0.3, 0.4) is 0 Å². The molecule has 150 valence electrons. The van der Waals surface area contributed by atoms with Gasteiger partial charge in [-0.25, -0.2) is 0 Å². The van der Waals surface area contributed by atoms with Gasteiger partial charge in [0.15, 0.2) is 11.5 Å². The number of fused-ring (bicyclic) bond motifs is 1. The number of nitrogens with one attached hydrogen (secondary N) is 1. The molecule has 1 heterocycles. The van der Waals surface area contributed by atoms with Gasteiger partial charge in [0.1, 0.15) is 11.6 Å². The summed E-state index contributed by atoms with van der Waals surface area (Å²) in [7, 11) is 0. The van der Waals surface area contributed by atoms with Crippen LogP contribution in [-0.4, -0.2) is 24.9 Å². The number of alkyl halides is 2. The Labute approximate surface area is 175 Å². The van der Waals surface area contributed by atoms with Crippen LogP contribution in [-0.2, 0) is 4.79 Å². The highest BCUT2D eigenvalue weighted by atomic mass is 35.5. The van der Waals surface area contributed by atoms with E-state index in [0.29, 0.717) is 57.6 Å². The number of thioether (sulfide) groups is 1. The molecule has 5 nitrogen and oxygen atoms in total. The average Bonchev–Trinajstić information content (AvgIpc) is 2.93. The largest absolute Gasteiger partial charge is 0.489 e. The Balaban J connectivity index is 1.77. The Kier molecular flexibility index (Phi) is 6.96. The van der Waals surface area contributed by atoms with Crippen molar-refractivity contribution in [3.63, 3.8) is 0 Å². The lowest BCUT2D eigenvalue weighted by Gasteiger charge is -2.10. The lowest BCUT2D eigenvalue weighted by Crippen LogP contribution is -2.13. The van der Waals surface area contributed by atoms with Gasteiger partial charge in [0, 0.05) is 17.0 Å². The zero-order chi connectivity index (χ0) is 20.8. The van der Waals surface area contributed by atoms with Gasteiger partial charge in [-0.15, -0.1) is 0 Å². The lowest BCUT2D eigenvalue weighted by molar-refractivity contribution is -0.112. The fourth-order valence-corrected chi connectivity index (χ4v) is 3.34. The number of nitriles is 1. The molecule has 0 saturated carbocycles. The van der Waals surface area contributed by atoms with E-state index in [4.69, 9.17) is 21.1 Å². The van der Waals surface area contributed by atoms with Gasteiger partial charge in [0.2, 0.25) is 0 Å². The molecule has 1 aliphatic rings. The lowest BCUT2D eigenvalue weighted by atomic mass is 10.1. The van der Waals surface area contributed by atoms with E-state index in [2.05, 4.69) is 5.32 Å². The maximum atomic E-state index is 12.4. The molecule has 0 radical (unpaired) electrons. The number of hydrogen-bond donors (Lipinski definition) is 1. The summed E-state index contributed by atoms with van der Waals surface area (Å²) in [6.07, 6.45) is 2.10. The maximum absolute atomic E-state index is 12.4. The summed E-state index contributed by atoms with van der Waals surface area (Å²) >= 11 is 6.64. The fourth-order valence-electron chi connectivity index (χ4n) is 2.57. The molecule has 0 spiro atoms. The van der Waals surface area contributed by atoms with E-state index in [0.717, 1.165) is 6.42 Å². The van der Waals surface area contributed by atoms with Crippen LogP contribution in [0.4, 0.5) is 14.5 Å². The van der Waals surface area contributed by atoms with Gasteiger partial charge in [-0.2, -0.15) is 14.0 Å². The summed E-state index contributed by atoms with van der Waals surface area (Å²) in [4.78, 5) is 12.8. The van der Waals surface area contributed by atoms with E-state index >= 15 is 0 Å². The summed E-state index contributed by atoms with van der Waals surface area (Å²) in [6.45, 7) is 0.963. The third-order valence-electron chi connectivity index (χ3n) is 3.84. The minimum absolute atomic E-state index is 0.151. The summed E-state index contributed by atoms with van der Waals surface area (Å²) < 4.78 is 35.9. The molecular formula is C20H15ClF2N2O3S. The first-order valence-corrected chi connectivity index (χ1v) is 9.79. The number of benzene rings is 2. The van der Waals surface area contributed by atoms with Crippen LogP contribution in [0.15, 0.2) is 46.9 Å². The predicted molar refractivity (Wildman–Crippen MR) is 108 cm³/mol. The molecule has 3 rings (SSSR count). The molecular weight excluding hydrogens is 422 g/mol. The number of carbonyl (C=O) groups excluding carboxylic acids is 1. The summed E-state index contributed by atoms with van der Waals surface area (Å²) in [5, 5.41) is 12.3. The number of carbonyl (C=O) groups is 1. The molecule has 1 aliphatic heterocycles. The van der Waals surface area contributed by atoms with E-state index < -0.39 is 11.7 Å². The second kappa shape index (κ2) is 9.63. The van der Waals surface area contributed by atoms with Crippen molar-refractivity contribution >= 4 is 41.0 Å². The summed E-state index contributed by atoms with van der Waals surface area (Å²) in [5.41, 5.74) is 0.739. The van der Waals surface area contributed by atoms with Crippen LogP contribution >= 0.6 is 23.4 Å². The minimum Gasteiger partial charge on any atom is -0.489 e. The molecule has 9 heteroatoms. The van der Waals surface area contributed by atoms with Crippen molar-refractivity contribution in [1.82, 2.24) is 0 Å². The van der Waals surface area contributed by atoms with Gasteiger partial charge in [0.05, 0.1) is 18.2 Å². The van der Waals surface area contributed by atoms with Crippen molar-refractivity contribution in [3.05, 3.63) is 52.6 Å². The van der Waals surface area contributed by atoms with Gasteiger partial charge in [-0.3, -0.25) is 4.79 Å². The number of hydrogen-bond acceptors (Lipinski definition) is 5. The van der Waals surface area contributed by atoms with Gasteiger partial charge in [-0.05, 0) is 48.0 Å². The smallest absolute Gasteiger partial charge is 0.288 e. The van der Waals surface area contributed by atoms with Crippen LogP contribution in [0.2, 0.25) is 5.02 Å². The highest BCUT2D eigenvalue weighted by Gasteiger charge is 2.16. The molecule has 1 amide bonds. The second-order valence-electron chi connectivity index (χ2n) is 5.91. The van der Waals surface area contributed by atoms with E-state index in [9.17, 15) is 18.8 Å². The maximum Gasteiger partial charge on any atom is 0.288 e. The Morgan fingerprint density at radius 3 is 2.66 bits per heavy atom. The number of halogens is 3. The predicted octanol–water partition coefficient (Wildman–Crippen LogP) is 5.36. The van der Waals surface area contributed by atoms with Gasteiger partial charge < -0.3 is 14.8 Å². The van der Waals surface area contributed by atoms with Crippen LogP contribution < -0.4 is 14.8 Å². The minimum atomic E-state index is -2.52.